The summed E-state index contributed by atoms with van der Waals surface area (Å²) in [6.45, 7) is 6.17. The maximum atomic E-state index is 13.3. The van der Waals surface area contributed by atoms with Gasteiger partial charge in [0.2, 0.25) is 5.95 Å². The van der Waals surface area contributed by atoms with E-state index in [1.807, 2.05) is 25.3 Å². The zero-order chi connectivity index (χ0) is 26.8. The maximum absolute atomic E-state index is 13.3. The summed E-state index contributed by atoms with van der Waals surface area (Å²) in [5.74, 6) is 0.730. The molecule has 0 aliphatic carbocycles. The number of halogens is 1. The standard InChI is InChI=1S/C28H26FN7OS/c1-16(2)36-17(3)32-15-24(36)22-12-13-31-28(34-22)35-26-11-10-25(38-26)27(37)33-23-14-19(6-9-21(23)30)18-4-7-20(29)8-5-18/h4-16H,30H2,1-3H3,(H,33,37)(H,31,34,35). The van der Waals surface area contributed by atoms with Crippen LogP contribution in [0.2, 0.25) is 0 Å². The molecular weight excluding hydrogens is 501 g/mol. The average molecular weight is 528 g/mol. The first-order valence-electron chi connectivity index (χ1n) is 12.0. The number of anilines is 4. The fourth-order valence-electron chi connectivity index (χ4n) is 4.16. The minimum Gasteiger partial charge on any atom is -0.397 e. The molecule has 3 aromatic heterocycles. The van der Waals surface area contributed by atoms with Crippen LogP contribution in [-0.2, 0) is 0 Å². The van der Waals surface area contributed by atoms with Gasteiger partial charge in [0, 0.05) is 12.2 Å². The number of nitrogens with one attached hydrogen (secondary N) is 2. The summed E-state index contributed by atoms with van der Waals surface area (Å²) in [5, 5.41) is 6.78. The normalized spacial score (nSPS) is 11.1. The summed E-state index contributed by atoms with van der Waals surface area (Å²) in [5.41, 5.74) is 10.3. The number of carbonyl (C=O) groups excluding carboxylic acids is 1. The van der Waals surface area contributed by atoms with E-state index in [0.717, 1.165) is 28.3 Å². The van der Waals surface area contributed by atoms with Crippen LogP contribution in [0.25, 0.3) is 22.5 Å². The summed E-state index contributed by atoms with van der Waals surface area (Å²) >= 11 is 1.27. The molecule has 10 heteroatoms. The van der Waals surface area contributed by atoms with E-state index < -0.39 is 0 Å². The van der Waals surface area contributed by atoms with Gasteiger partial charge in [-0.25, -0.2) is 19.3 Å². The molecule has 0 aliphatic rings. The molecule has 0 spiro atoms. The number of amides is 1. The van der Waals surface area contributed by atoms with Gasteiger partial charge in [0.1, 0.15) is 11.6 Å². The van der Waals surface area contributed by atoms with Crippen LogP contribution in [0.4, 0.5) is 26.7 Å². The highest BCUT2D eigenvalue weighted by atomic mass is 32.1. The van der Waals surface area contributed by atoms with Gasteiger partial charge in [0.15, 0.2) is 0 Å². The van der Waals surface area contributed by atoms with Crippen LogP contribution >= 0.6 is 11.3 Å². The summed E-state index contributed by atoms with van der Waals surface area (Å²) in [6.07, 6.45) is 3.50. The molecule has 0 unspecified atom stereocenters. The van der Waals surface area contributed by atoms with Crippen molar-refractivity contribution in [2.75, 3.05) is 16.4 Å². The van der Waals surface area contributed by atoms with Gasteiger partial charge < -0.3 is 20.9 Å². The number of nitrogens with two attached hydrogens (primary N) is 1. The topological polar surface area (TPSA) is 111 Å². The van der Waals surface area contributed by atoms with Gasteiger partial charge in [-0.05, 0) is 74.4 Å². The van der Waals surface area contributed by atoms with Gasteiger partial charge in [-0.1, -0.05) is 18.2 Å². The van der Waals surface area contributed by atoms with E-state index in [0.29, 0.717) is 27.2 Å². The van der Waals surface area contributed by atoms with Crippen LogP contribution in [-0.4, -0.2) is 25.4 Å². The molecular formula is C28H26FN7OS. The molecule has 38 heavy (non-hydrogen) atoms. The molecule has 2 aromatic carbocycles. The van der Waals surface area contributed by atoms with E-state index in [4.69, 9.17) is 5.73 Å². The number of rotatable bonds is 7. The van der Waals surface area contributed by atoms with Crippen molar-refractivity contribution in [3.8, 4) is 22.5 Å². The Morgan fingerprint density at radius 3 is 2.55 bits per heavy atom. The Morgan fingerprint density at radius 2 is 1.79 bits per heavy atom. The highest BCUT2D eigenvalue weighted by molar-refractivity contribution is 7.18. The minimum absolute atomic E-state index is 0.239. The molecule has 0 fully saturated rings. The molecule has 3 heterocycles. The van der Waals surface area contributed by atoms with Crippen molar-refractivity contribution in [1.29, 1.82) is 0 Å². The first-order chi connectivity index (χ1) is 18.3. The zero-order valence-corrected chi connectivity index (χ0v) is 21.9. The molecule has 0 atom stereocenters. The van der Waals surface area contributed by atoms with E-state index in [-0.39, 0.29) is 17.8 Å². The van der Waals surface area contributed by atoms with E-state index in [1.165, 1.54) is 23.5 Å². The predicted molar refractivity (Wildman–Crippen MR) is 150 cm³/mol. The fraction of sp³-hybridized carbons (Fsp3) is 0.143. The lowest BCUT2D eigenvalue weighted by atomic mass is 10.0. The largest absolute Gasteiger partial charge is 0.397 e. The molecule has 0 saturated heterocycles. The third kappa shape index (κ3) is 5.25. The van der Waals surface area contributed by atoms with Gasteiger partial charge in [0.05, 0.1) is 38.8 Å². The minimum atomic E-state index is -0.311. The number of benzene rings is 2. The lowest BCUT2D eigenvalue weighted by Crippen LogP contribution is -2.11. The molecule has 5 rings (SSSR count). The molecule has 192 valence electrons. The molecule has 0 saturated carbocycles. The number of nitrogen functional groups attached to an aromatic ring is 1. The van der Waals surface area contributed by atoms with Crippen molar-refractivity contribution >= 4 is 39.6 Å². The third-order valence-electron chi connectivity index (χ3n) is 5.96. The van der Waals surface area contributed by atoms with Crippen molar-refractivity contribution in [2.45, 2.75) is 26.8 Å². The van der Waals surface area contributed by atoms with Gasteiger partial charge >= 0.3 is 0 Å². The van der Waals surface area contributed by atoms with E-state index >= 15 is 0 Å². The highest BCUT2D eigenvalue weighted by Crippen LogP contribution is 2.30. The Morgan fingerprint density at radius 1 is 1.03 bits per heavy atom. The Labute approximate surface area is 223 Å². The van der Waals surface area contributed by atoms with Gasteiger partial charge in [-0.2, -0.15) is 0 Å². The predicted octanol–water partition coefficient (Wildman–Crippen LogP) is 6.68. The Balaban J connectivity index is 1.31. The third-order valence-corrected chi connectivity index (χ3v) is 6.96. The van der Waals surface area contributed by atoms with Crippen LogP contribution in [0.1, 0.15) is 35.4 Å². The quantitative estimate of drug-likeness (QED) is 0.204. The number of imidazole rings is 1. The summed E-state index contributed by atoms with van der Waals surface area (Å²) in [6, 6.07) is 17.1. The van der Waals surface area contributed by atoms with Crippen molar-refractivity contribution in [3.63, 3.8) is 0 Å². The Hall–Kier alpha value is -4.57. The molecule has 5 aromatic rings. The van der Waals surface area contributed by atoms with E-state index in [2.05, 4.69) is 44.0 Å². The van der Waals surface area contributed by atoms with Gasteiger partial charge in [-0.3, -0.25) is 4.79 Å². The zero-order valence-electron chi connectivity index (χ0n) is 21.1. The van der Waals surface area contributed by atoms with Crippen molar-refractivity contribution in [3.05, 3.63) is 89.6 Å². The number of carbonyl (C=O) groups is 1. The monoisotopic (exact) mass is 527 g/mol. The molecule has 1 amide bonds. The van der Waals surface area contributed by atoms with Crippen LogP contribution in [0.5, 0.6) is 0 Å². The Kier molecular flexibility index (Phi) is 6.89. The van der Waals surface area contributed by atoms with Crippen LogP contribution in [0, 0.1) is 12.7 Å². The van der Waals surface area contributed by atoms with Crippen LogP contribution < -0.4 is 16.4 Å². The lowest BCUT2D eigenvalue weighted by molar-refractivity contribution is 0.103. The average Bonchev–Trinajstić information content (AvgIpc) is 3.53. The molecule has 4 N–H and O–H groups in total. The van der Waals surface area contributed by atoms with Crippen molar-refractivity contribution in [1.82, 2.24) is 19.5 Å². The van der Waals surface area contributed by atoms with Crippen LogP contribution in [0.15, 0.2) is 73.1 Å². The van der Waals surface area contributed by atoms with E-state index in [1.54, 1.807) is 42.6 Å². The number of aromatic nitrogens is 4. The molecule has 0 aliphatic heterocycles. The molecule has 0 bridgehead atoms. The number of nitrogens with zero attached hydrogens (tertiary/aromatic N) is 4. The maximum Gasteiger partial charge on any atom is 0.265 e. The van der Waals surface area contributed by atoms with Gasteiger partial charge in [0.25, 0.3) is 5.91 Å². The number of thiophene rings is 1. The number of hydrogen-bond acceptors (Lipinski definition) is 7. The molecule has 0 radical (unpaired) electrons. The number of hydrogen-bond donors (Lipinski definition) is 3. The van der Waals surface area contributed by atoms with Gasteiger partial charge in [-0.15, -0.1) is 11.3 Å². The SMILES string of the molecule is Cc1ncc(-c2ccnc(Nc3ccc(C(=O)Nc4cc(-c5ccc(F)cc5)ccc4N)s3)n2)n1C(C)C. The van der Waals surface area contributed by atoms with Crippen molar-refractivity contribution in [2.24, 2.45) is 0 Å². The number of aryl methyl sites for hydroxylation is 1. The van der Waals surface area contributed by atoms with E-state index in [9.17, 15) is 9.18 Å². The summed E-state index contributed by atoms with van der Waals surface area (Å²) < 4.78 is 15.4. The highest BCUT2D eigenvalue weighted by Gasteiger charge is 2.15. The smallest absolute Gasteiger partial charge is 0.265 e. The second-order valence-electron chi connectivity index (χ2n) is 8.97. The first kappa shape index (κ1) is 25.1. The summed E-state index contributed by atoms with van der Waals surface area (Å²) in [4.78, 5) is 26.9. The molecule has 8 nitrogen and oxygen atoms in total. The first-order valence-corrected chi connectivity index (χ1v) is 12.8. The second-order valence-corrected chi connectivity index (χ2v) is 10.1. The summed E-state index contributed by atoms with van der Waals surface area (Å²) in [7, 11) is 0. The fourth-order valence-corrected chi connectivity index (χ4v) is 4.96. The second kappa shape index (κ2) is 10.4. The van der Waals surface area contributed by atoms with Crippen molar-refractivity contribution < 1.29 is 9.18 Å². The Bertz CT molecular complexity index is 1610. The lowest BCUT2D eigenvalue weighted by Gasteiger charge is -2.14. The van der Waals surface area contributed by atoms with Crippen LogP contribution in [0.3, 0.4) is 0 Å².